The number of benzene rings is 1. The molecule has 3 fully saturated rings. The van der Waals surface area contributed by atoms with Crippen molar-refractivity contribution < 1.29 is 19.8 Å². The Morgan fingerprint density at radius 1 is 1.05 bits per heavy atom. The molecule has 37 heavy (non-hydrogen) atoms. The van der Waals surface area contributed by atoms with Crippen molar-refractivity contribution in [2.75, 3.05) is 32.7 Å². The van der Waals surface area contributed by atoms with Gasteiger partial charge in [-0.05, 0) is 31.7 Å². The van der Waals surface area contributed by atoms with E-state index >= 15 is 0 Å². The first-order valence-electron chi connectivity index (χ1n) is 13.1. The van der Waals surface area contributed by atoms with Gasteiger partial charge in [0.15, 0.2) is 0 Å². The Hall–Kier alpha value is -3.40. The summed E-state index contributed by atoms with van der Waals surface area (Å²) in [5.41, 5.74) is -0.240. The summed E-state index contributed by atoms with van der Waals surface area (Å²) in [6, 6.07) is 9.06. The van der Waals surface area contributed by atoms with E-state index in [1.807, 2.05) is 42.2 Å². The van der Waals surface area contributed by atoms with Crippen LogP contribution >= 0.6 is 0 Å². The number of aryl methyl sites for hydroxylation is 1. The molecule has 3 aliphatic rings. The molecule has 0 bridgehead atoms. The van der Waals surface area contributed by atoms with Gasteiger partial charge >= 0.3 is 12.1 Å². The quantitative estimate of drug-likeness (QED) is 0.657. The second-order valence-electron chi connectivity index (χ2n) is 10.8. The predicted molar refractivity (Wildman–Crippen MR) is 136 cm³/mol. The first kappa shape index (κ1) is 25.3. The number of carbonyl (C=O) groups excluding carboxylic acids is 1. The molecule has 1 unspecified atom stereocenters. The zero-order chi connectivity index (χ0) is 26.2. The molecule has 5 rings (SSSR count). The average molecular weight is 510 g/mol. The summed E-state index contributed by atoms with van der Waals surface area (Å²) in [6.45, 7) is 3.58. The summed E-state index contributed by atoms with van der Waals surface area (Å²) in [6.07, 6.45) is 5.89. The van der Waals surface area contributed by atoms with Crippen molar-refractivity contribution in [3.05, 3.63) is 64.3 Å². The topological polar surface area (TPSA) is 119 Å². The van der Waals surface area contributed by atoms with Gasteiger partial charge in [-0.3, -0.25) is 9.78 Å². The Morgan fingerprint density at radius 3 is 2.49 bits per heavy atom. The molecule has 10 heteroatoms. The van der Waals surface area contributed by atoms with E-state index in [1.54, 1.807) is 15.7 Å². The molecule has 2 atom stereocenters. The highest BCUT2D eigenvalue weighted by Gasteiger charge is 2.56. The molecule has 1 saturated carbocycles. The monoisotopic (exact) mass is 509 g/mol. The molecule has 2 aromatic rings. The molecular weight excluding hydrogens is 474 g/mol. The molecule has 1 spiro atoms. The van der Waals surface area contributed by atoms with Gasteiger partial charge in [-0.25, -0.2) is 9.59 Å². The van der Waals surface area contributed by atoms with Gasteiger partial charge in [0, 0.05) is 44.3 Å². The van der Waals surface area contributed by atoms with Crippen molar-refractivity contribution in [1.82, 2.24) is 24.3 Å². The number of hydrogen-bond donors (Lipinski definition) is 2. The number of nitrogens with zero attached hydrogens (tertiary/aromatic N) is 5. The van der Waals surface area contributed by atoms with Gasteiger partial charge in [-0.15, -0.1) is 0 Å². The number of amides is 3. The number of carbonyl (C=O) groups is 2. The number of aliphatic hydroxyl groups is 1. The van der Waals surface area contributed by atoms with Crippen LogP contribution in [-0.4, -0.2) is 84.9 Å². The van der Waals surface area contributed by atoms with Crippen LogP contribution in [0.4, 0.5) is 9.59 Å². The Balaban J connectivity index is 1.40. The second-order valence-corrected chi connectivity index (χ2v) is 10.8. The standard InChI is InChI=1S/C27H35N5O5/c1-20-16-31(23(33)15-28-20)19-27(37)11-12-30(18-26(27)9-5-6-10-26)24(34)32-14-13-29(25(35)36)17-22(32)21-7-3-2-4-8-21/h2-4,7-8,15-16,22,37H,5-6,9-14,17-19H2,1H3,(H,35,36)/t22-,27?/m0/s1. The Morgan fingerprint density at radius 2 is 1.78 bits per heavy atom. The minimum absolute atomic E-state index is 0.121. The van der Waals surface area contributed by atoms with Gasteiger partial charge in [-0.2, -0.15) is 0 Å². The molecule has 1 aromatic heterocycles. The fraction of sp³-hybridized carbons (Fsp3) is 0.556. The zero-order valence-electron chi connectivity index (χ0n) is 21.3. The van der Waals surface area contributed by atoms with Gasteiger partial charge in [0.2, 0.25) is 0 Å². The maximum Gasteiger partial charge on any atom is 0.407 e. The summed E-state index contributed by atoms with van der Waals surface area (Å²) < 4.78 is 1.55. The third-order valence-electron chi connectivity index (χ3n) is 8.62. The highest BCUT2D eigenvalue weighted by Crippen LogP contribution is 2.51. The summed E-state index contributed by atoms with van der Waals surface area (Å²) in [4.78, 5) is 47.2. The Kier molecular flexibility index (Phi) is 6.70. The van der Waals surface area contributed by atoms with E-state index in [0.717, 1.165) is 31.2 Å². The number of carboxylic acid groups (broad SMARTS) is 1. The molecule has 1 aliphatic carbocycles. The number of rotatable bonds is 3. The number of aromatic nitrogens is 2. The lowest BCUT2D eigenvalue weighted by atomic mass is 9.66. The van der Waals surface area contributed by atoms with Crippen LogP contribution in [0.5, 0.6) is 0 Å². The first-order valence-corrected chi connectivity index (χ1v) is 13.1. The van der Waals surface area contributed by atoms with Crippen LogP contribution < -0.4 is 5.56 Å². The van der Waals surface area contributed by atoms with Crippen LogP contribution in [0.1, 0.15) is 49.4 Å². The Bertz CT molecular complexity index is 1210. The van der Waals surface area contributed by atoms with Gasteiger partial charge in [0.05, 0.1) is 30.1 Å². The Labute approximate surface area is 216 Å². The fourth-order valence-corrected chi connectivity index (χ4v) is 6.55. The molecule has 3 heterocycles. The van der Waals surface area contributed by atoms with Crippen LogP contribution in [0.3, 0.4) is 0 Å². The summed E-state index contributed by atoms with van der Waals surface area (Å²) in [5, 5.41) is 21.6. The molecule has 198 valence electrons. The van der Waals surface area contributed by atoms with Crippen molar-refractivity contribution in [3.8, 4) is 0 Å². The normalized spacial score (nSPS) is 25.5. The van der Waals surface area contributed by atoms with E-state index in [-0.39, 0.29) is 37.3 Å². The lowest BCUT2D eigenvalue weighted by molar-refractivity contribution is -0.137. The van der Waals surface area contributed by atoms with Crippen LogP contribution in [0.15, 0.2) is 47.5 Å². The number of piperidine rings is 1. The minimum atomic E-state index is -1.11. The van der Waals surface area contributed by atoms with Crippen molar-refractivity contribution in [1.29, 1.82) is 0 Å². The summed E-state index contributed by atoms with van der Waals surface area (Å²) in [7, 11) is 0. The van der Waals surface area contributed by atoms with Crippen molar-refractivity contribution in [2.24, 2.45) is 5.41 Å². The molecule has 10 nitrogen and oxygen atoms in total. The van der Waals surface area contributed by atoms with Crippen LogP contribution in [0, 0.1) is 12.3 Å². The first-order chi connectivity index (χ1) is 17.7. The van der Waals surface area contributed by atoms with Gasteiger partial charge in [0.25, 0.3) is 5.56 Å². The van der Waals surface area contributed by atoms with E-state index in [2.05, 4.69) is 4.98 Å². The fourth-order valence-electron chi connectivity index (χ4n) is 6.55. The van der Waals surface area contributed by atoms with E-state index in [4.69, 9.17) is 0 Å². The lowest BCUT2D eigenvalue weighted by Crippen LogP contribution is -2.64. The number of hydrogen-bond acceptors (Lipinski definition) is 5. The molecule has 2 saturated heterocycles. The van der Waals surface area contributed by atoms with Crippen LogP contribution in [-0.2, 0) is 6.54 Å². The number of likely N-dealkylation sites (tertiary alicyclic amines) is 1. The molecule has 2 aliphatic heterocycles. The molecule has 2 N–H and O–H groups in total. The van der Waals surface area contributed by atoms with E-state index in [0.29, 0.717) is 31.7 Å². The second kappa shape index (κ2) is 9.81. The van der Waals surface area contributed by atoms with Crippen LogP contribution in [0.2, 0.25) is 0 Å². The third-order valence-corrected chi connectivity index (χ3v) is 8.62. The summed E-state index contributed by atoms with van der Waals surface area (Å²) >= 11 is 0. The molecule has 0 radical (unpaired) electrons. The lowest BCUT2D eigenvalue weighted by Gasteiger charge is -2.53. The van der Waals surface area contributed by atoms with Gasteiger partial charge in [0.1, 0.15) is 0 Å². The smallest absolute Gasteiger partial charge is 0.407 e. The SMILES string of the molecule is Cc1cn(CC2(O)CCN(C(=O)N3CCN(C(=O)O)C[C@H]3c3ccccc3)CC23CCCC3)c(=O)cn1. The maximum absolute atomic E-state index is 14.0. The number of piperazine rings is 1. The molecule has 3 amide bonds. The number of urea groups is 1. The van der Waals surface area contributed by atoms with Gasteiger partial charge in [-0.1, -0.05) is 43.2 Å². The zero-order valence-corrected chi connectivity index (χ0v) is 21.3. The highest BCUT2D eigenvalue weighted by molar-refractivity contribution is 5.76. The predicted octanol–water partition coefficient (Wildman–Crippen LogP) is 2.71. The van der Waals surface area contributed by atoms with E-state index < -0.39 is 17.1 Å². The van der Waals surface area contributed by atoms with E-state index in [9.17, 15) is 24.6 Å². The minimum Gasteiger partial charge on any atom is -0.465 e. The third kappa shape index (κ3) is 4.70. The molecule has 1 aromatic carbocycles. The largest absolute Gasteiger partial charge is 0.465 e. The van der Waals surface area contributed by atoms with Crippen molar-refractivity contribution in [3.63, 3.8) is 0 Å². The van der Waals surface area contributed by atoms with Crippen molar-refractivity contribution >= 4 is 12.1 Å². The maximum atomic E-state index is 14.0. The summed E-state index contributed by atoms with van der Waals surface area (Å²) in [5.74, 6) is 0. The average Bonchev–Trinajstić information content (AvgIpc) is 3.38. The molecular formula is C27H35N5O5. The van der Waals surface area contributed by atoms with Crippen LogP contribution in [0.25, 0.3) is 0 Å². The highest BCUT2D eigenvalue weighted by atomic mass is 16.4. The van der Waals surface area contributed by atoms with Crippen molar-refractivity contribution in [2.45, 2.75) is 57.2 Å². The van der Waals surface area contributed by atoms with Gasteiger partial charge < -0.3 is 29.5 Å². The van der Waals surface area contributed by atoms with E-state index in [1.165, 1.54) is 11.1 Å².